The second-order valence-electron chi connectivity index (χ2n) is 5.82. The summed E-state index contributed by atoms with van der Waals surface area (Å²) in [6.07, 6.45) is -4.32. The van der Waals surface area contributed by atoms with Crippen LogP contribution >= 0.6 is 0 Å². The number of halogens is 3. The van der Waals surface area contributed by atoms with Gasteiger partial charge in [0.25, 0.3) is 0 Å². The topological polar surface area (TPSA) is 73.2 Å². The summed E-state index contributed by atoms with van der Waals surface area (Å²) < 4.78 is 47.6. The molecule has 1 amide bonds. The van der Waals surface area contributed by atoms with E-state index in [1.54, 1.807) is 31.2 Å². The Morgan fingerprint density at radius 1 is 1.17 bits per heavy atom. The third kappa shape index (κ3) is 5.92. The molecule has 156 valence electrons. The van der Waals surface area contributed by atoms with E-state index in [0.717, 1.165) is 12.3 Å². The van der Waals surface area contributed by atoms with Gasteiger partial charge in [-0.2, -0.15) is 13.2 Å². The maximum atomic E-state index is 12.6. The minimum Gasteiger partial charge on any atom is -0.452 e. The maximum Gasteiger partial charge on any atom is 0.417 e. The number of anilines is 1. The average Bonchev–Trinajstić information content (AvgIpc) is 2.71. The molecular weight excluding hydrogens is 391 g/mol. The minimum absolute atomic E-state index is 0.00531. The lowest BCUT2D eigenvalue weighted by atomic mass is 10.2. The number of pyridine rings is 1. The van der Waals surface area contributed by atoms with Gasteiger partial charge < -0.3 is 14.3 Å². The van der Waals surface area contributed by atoms with Gasteiger partial charge in [0.1, 0.15) is 19.0 Å². The van der Waals surface area contributed by atoms with E-state index in [4.69, 9.17) is 14.3 Å². The molecule has 1 heterocycles. The van der Waals surface area contributed by atoms with Crippen LogP contribution in [0.4, 0.5) is 23.7 Å². The molecule has 0 spiro atoms. The normalized spacial score (nSPS) is 11.9. The standard InChI is InChI=1S/C19H20F3N3O4/c1-13(16-9-8-15(10-23-16)19(20,21)22)24-29-11-14-6-4-5-7-17(14)25(12-27-2)18(26)28-3/h4-10H,11-12H2,1-3H3. The van der Waals surface area contributed by atoms with Crippen molar-refractivity contribution in [2.45, 2.75) is 19.7 Å². The number of oxime groups is 1. The van der Waals surface area contributed by atoms with E-state index in [2.05, 4.69) is 10.1 Å². The molecule has 7 nitrogen and oxygen atoms in total. The molecular formula is C19H20F3N3O4. The van der Waals surface area contributed by atoms with Crippen LogP contribution in [0.15, 0.2) is 47.8 Å². The van der Waals surface area contributed by atoms with Gasteiger partial charge in [-0.05, 0) is 25.1 Å². The number of carbonyl (C=O) groups is 1. The zero-order valence-electron chi connectivity index (χ0n) is 16.1. The van der Waals surface area contributed by atoms with Crippen LogP contribution in [0.25, 0.3) is 0 Å². The Morgan fingerprint density at radius 2 is 1.90 bits per heavy atom. The first-order valence-electron chi connectivity index (χ1n) is 8.40. The smallest absolute Gasteiger partial charge is 0.417 e. The molecule has 1 aromatic carbocycles. The lowest BCUT2D eigenvalue weighted by Crippen LogP contribution is -2.33. The number of ether oxygens (including phenoxy) is 2. The highest BCUT2D eigenvalue weighted by atomic mass is 19.4. The molecule has 0 aliphatic heterocycles. The molecule has 0 aliphatic rings. The number of benzene rings is 1. The van der Waals surface area contributed by atoms with E-state index in [1.165, 1.54) is 25.2 Å². The summed E-state index contributed by atoms with van der Waals surface area (Å²) in [5.41, 5.74) is 0.860. The summed E-state index contributed by atoms with van der Waals surface area (Å²) in [5.74, 6) is 0. The zero-order chi connectivity index (χ0) is 21.4. The highest BCUT2D eigenvalue weighted by Gasteiger charge is 2.30. The Kier molecular flexibility index (Phi) is 7.54. The van der Waals surface area contributed by atoms with E-state index in [-0.39, 0.29) is 19.0 Å². The predicted molar refractivity (Wildman–Crippen MR) is 99.4 cm³/mol. The second kappa shape index (κ2) is 9.87. The molecule has 0 radical (unpaired) electrons. The molecule has 29 heavy (non-hydrogen) atoms. The van der Waals surface area contributed by atoms with Crippen LogP contribution in [-0.4, -0.2) is 37.7 Å². The van der Waals surface area contributed by atoms with E-state index in [0.29, 0.717) is 17.0 Å². The van der Waals surface area contributed by atoms with Crippen LogP contribution in [0.5, 0.6) is 0 Å². The van der Waals surface area contributed by atoms with Gasteiger partial charge in [0.05, 0.1) is 24.1 Å². The number of methoxy groups -OCH3 is 2. The average molecular weight is 411 g/mol. The molecule has 0 unspecified atom stereocenters. The molecule has 0 bridgehead atoms. The molecule has 2 rings (SSSR count). The molecule has 0 N–H and O–H groups in total. The second-order valence-corrected chi connectivity index (χ2v) is 5.82. The van der Waals surface area contributed by atoms with E-state index in [1.807, 2.05) is 0 Å². The number of alkyl halides is 3. The van der Waals surface area contributed by atoms with Gasteiger partial charge in [0.2, 0.25) is 0 Å². The number of carbonyl (C=O) groups excluding carboxylic acids is 1. The van der Waals surface area contributed by atoms with Crippen LogP contribution in [-0.2, 0) is 27.1 Å². The first-order valence-corrected chi connectivity index (χ1v) is 8.40. The summed E-state index contributed by atoms with van der Waals surface area (Å²) in [6, 6.07) is 9.08. The third-order valence-electron chi connectivity index (χ3n) is 3.82. The van der Waals surface area contributed by atoms with Gasteiger partial charge in [-0.3, -0.25) is 9.88 Å². The minimum atomic E-state index is -4.45. The Morgan fingerprint density at radius 3 is 2.48 bits per heavy atom. The van der Waals surface area contributed by atoms with Gasteiger partial charge >= 0.3 is 12.3 Å². The number of para-hydroxylation sites is 1. The summed E-state index contributed by atoms with van der Waals surface area (Å²) in [7, 11) is 2.70. The number of nitrogens with zero attached hydrogens (tertiary/aromatic N) is 3. The molecule has 10 heteroatoms. The van der Waals surface area contributed by atoms with Crippen LogP contribution in [0.1, 0.15) is 23.7 Å². The van der Waals surface area contributed by atoms with E-state index in [9.17, 15) is 18.0 Å². The largest absolute Gasteiger partial charge is 0.452 e. The lowest BCUT2D eigenvalue weighted by Gasteiger charge is -2.22. The molecule has 2 aromatic rings. The fourth-order valence-electron chi connectivity index (χ4n) is 2.38. The van der Waals surface area contributed by atoms with Gasteiger partial charge in [-0.1, -0.05) is 23.4 Å². The quantitative estimate of drug-likeness (QED) is 0.388. The van der Waals surface area contributed by atoms with Gasteiger partial charge in [0, 0.05) is 18.9 Å². The Hall–Kier alpha value is -3.14. The van der Waals surface area contributed by atoms with Crippen molar-refractivity contribution in [3.63, 3.8) is 0 Å². The molecule has 0 aliphatic carbocycles. The van der Waals surface area contributed by atoms with Crippen molar-refractivity contribution in [2.24, 2.45) is 5.16 Å². The maximum absolute atomic E-state index is 12.6. The molecule has 1 aromatic heterocycles. The number of aromatic nitrogens is 1. The zero-order valence-corrected chi connectivity index (χ0v) is 16.1. The first kappa shape index (κ1) is 22.2. The summed E-state index contributed by atoms with van der Waals surface area (Å²) in [4.78, 5) is 22.4. The molecule has 0 saturated heterocycles. The van der Waals surface area contributed by atoms with Crippen LogP contribution in [0.3, 0.4) is 0 Å². The van der Waals surface area contributed by atoms with Gasteiger partial charge in [-0.15, -0.1) is 0 Å². The van der Waals surface area contributed by atoms with Crippen molar-refractivity contribution >= 4 is 17.5 Å². The Bertz CT molecular complexity index is 855. The van der Waals surface area contributed by atoms with E-state index < -0.39 is 17.8 Å². The van der Waals surface area contributed by atoms with Crippen LogP contribution in [0.2, 0.25) is 0 Å². The molecule has 0 atom stereocenters. The van der Waals surface area contributed by atoms with Crippen molar-refractivity contribution in [3.05, 3.63) is 59.4 Å². The number of amides is 1. The summed E-state index contributed by atoms with van der Waals surface area (Å²) in [6.45, 7) is 1.54. The third-order valence-corrected chi connectivity index (χ3v) is 3.82. The summed E-state index contributed by atoms with van der Waals surface area (Å²) >= 11 is 0. The van der Waals surface area contributed by atoms with Crippen LogP contribution < -0.4 is 4.90 Å². The highest BCUT2D eigenvalue weighted by Crippen LogP contribution is 2.28. The molecule has 0 fully saturated rings. The van der Waals surface area contributed by atoms with Crippen LogP contribution in [0, 0.1) is 0 Å². The van der Waals surface area contributed by atoms with Crippen molar-refractivity contribution < 1.29 is 32.3 Å². The SMILES string of the molecule is COCN(C(=O)OC)c1ccccc1CON=C(C)c1ccc(C(F)(F)F)cn1. The van der Waals surface area contributed by atoms with Crippen molar-refractivity contribution in [2.75, 3.05) is 25.9 Å². The van der Waals surface area contributed by atoms with E-state index >= 15 is 0 Å². The Balaban J connectivity index is 2.12. The van der Waals surface area contributed by atoms with Gasteiger partial charge in [0.15, 0.2) is 0 Å². The number of rotatable bonds is 7. The van der Waals surface area contributed by atoms with Crippen molar-refractivity contribution in [1.29, 1.82) is 0 Å². The first-order chi connectivity index (χ1) is 13.8. The Labute approximate surface area is 165 Å². The van der Waals surface area contributed by atoms with Crippen molar-refractivity contribution in [3.8, 4) is 0 Å². The number of hydrogen-bond acceptors (Lipinski definition) is 6. The number of hydrogen-bond donors (Lipinski definition) is 0. The fourth-order valence-corrected chi connectivity index (χ4v) is 2.38. The van der Waals surface area contributed by atoms with Crippen molar-refractivity contribution in [1.82, 2.24) is 4.98 Å². The summed E-state index contributed by atoms with van der Waals surface area (Å²) in [5, 5.41) is 3.90. The monoisotopic (exact) mass is 411 g/mol. The fraction of sp³-hybridized carbons (Fsp3) is 0.316. The predicted octanol–water partition coefficient (Wildman–Crippen LogP) is 4.22. The highest BCUT2D eigenvalue weighted by molar-refractivity contribution is 5.96. The van der Waals surface area contributed by atoms with Gasteiger partial charge in [-0.25, -0.2) is 4.79 Å². The lowest BCUT2D eigenvalue weighted by molar-refractivity contribution is -0.137. The molecule has 0 saturated carbocycles.